The van der Waals surface area contributed by atoms with E-state index < -0.39 is 22.0 Å². The number of ether oxygens (including phenoxy) is 1. The minimum absolute atomic E-state index is 0.0397. The summed E-state index contributed by atoms with van der Waals surface area (Å²) in [4.78, 5) is 11.9. The quantitative estimate of drug-likeness (QED) is 0.761. The van der Waals surface area contributed by atoms with Gasteiger partial charge in [0.15, 0.2) is 0 Å². The fourth-order valence-corrected chi connectivity index (χ4v) is 2.43. The monoisotopic (exact) mass is 301 g/mol. The Bertz CT molecular complexity index is 568. The second-order valence-corrected chi connectivity index (χ2v) is 6.42. The van der Waals surface area contributed by atoms with Crippen molar-refractivity contribution in [2.24, 2.45) is 5.73 Å². The number of nitrogens with one attached hydrogen (secondary N) is 1. The third-order valence-electron chi connectivity index (χ3n) is 2.67. The van der Waals surface area contributed by atoms with Crippen LogP contribution in [0.2, 0.25) is 0 Å². The molecule has 1 rings (SSSR count). The lowest BCUT2D eigenvalue weighted by molar-refractivity contribution is -0.125. The van der Waals surface area contributed by atoms with Gasteiger partial charge in [-0.2, -0.15) is 0 Å². The summed E-state index contributed by atoms with van der Waals surface area (Å²) < 4.78 is 30.0. The Labute approximate surface area is 118 Å². The SMILES string of the molecule is COC(CN)C(=O)Nc1cccc(S(=O)(=O)N(C)C)c1. The molecule has 1 aromatic carbocycles. The Morgan fingerprint density at radius 2 is 2.10 bits per heavy atom. The zero-order chi connectivity index (χ0) is 15.3. The standard InChI is InChI=1S/C12H19N3O4S/c1-15(2)20(17,18)10-6-4-5-9(7-10)14-12(16)11(8-13)19-3/h4-7,11H,8,13H2,1-3H3,(H,14,16). The third-order valence-corrected chi connectivity index (χ3v) is 4.48. The topological polar surface area (TPSA) is 102 Å². The number of amides is 1. The lowest BCUT2D eigenvalue weighted by atomic mass is 10.3. The molecule has 0 aliphatic rings. The number of methoxy groups -OCH3 is 1. The van der Waals surface area contributed by atoms with Crippen LogP contribution in [0, 0.1) is 0 Å². The van der Waals surface area contributed by atoms with Gasteiger partial charge in [0, 0.05) is 33.4 Å². The van der Waals surface area contributed by atoms with Crippen LogP contribution < -0.4 is 11.1 Å². The van der Waals surface area contributed by atoms with E-state index in [1.165, 1.54) is 33.3 Å². The van der Waals surface area contributed by atoms with E-state index in [0.29, 0.717) is 5.69 Å². The molecule has 8 heteroatoms. The zero-order valence-corrected chi connectivity index (χ0v) is 12.5. The smallest absolute Gasteiger partial charge is 0.254 e. The van der Waals surface area contributed by atoms with E-state index in [0.717, 1.165) is 4.31 Å². The van der Waals surface area contributed by atoms with E-state index in [9.17, 15) is 13.2 Å². The van der Waals surface area contributed by atoms with Crippen molar-refractivity contribution < 1.29 is 17.9 Å². The summed E-state index contributed by atoms with van der Waals surface area (Å²) in [6.07, 6.45) is -0.774. The highest BCUT2D eigenvalue weighted by Crippen LogP contribution is 2.18. The van der Waals surface area contributed by atoms with Crippen molar-refractivity contribution in [1.82, 2.24) is 4.31 Å². The van der Waals surface area contributed by atoms with Gasteiger partial charge in [-0.25, -0.2) is 12.7 Å². The molecule has 0 radical (unpaired) electrons. The summed E-state index contributed by atoms with van der Waals surface area (Å²) in [5, 5.41) is 2.57. The number of hydrogen-bond acceptors (Lipinski definition) is 5. The van der Waals surface area contributed by atoms with Gasteiger partial charge in [-0.05, 0) is 18.2 Å². The van der Waals surface area contributed by atoms with Crippen molar-refractivity contribution in [1.29, 1.82) is 0 Å². The minimum atomic E-state index is -3.54. The van der Waals surface area contributed by atoms with Gasteiger partial charge in [0.1, 0.15) is 6.10 Å². The molecule has 3 N–H and O–H groups in total. The third kappa shape index (κ3) is 3.76. The number of carbonyl (C=O) groups is 1. The first kappa shape index (κ1) is 16.6. The maximum Gasteiger partial charge on any atom is 0.254 e. The molecule has 0 aromatic heterocycles. The number of nitrogens with two attached hydrogens (primary N) is 1. The van der Waals surface area contributed by atoms with Crippen LogP contribution in [0.3, 0.4) is 0 Å². The molecular weight excluding hydrogens is 282 g/mol. The number of sulfonamides is 1. The molecule has 1 amide bonds. The van der Waals surface area contributed by atoms with E-state index >= 15 is 0 Å². The summed E-state index contributed by atoms with van der Waals surface area (Å²) in [5.41, 5.74) is 5.76. The number of carbonyl (C=O) groups excluding carboxylic acids is 1. The molecule has 0 aliphatic heterocycles. The molecule has 7 nitrogen and oxygen atoms in total. The van der Waals surface area contributed by atoms with E-state index in [4.69, 9.17) is 10.5 Å². The van der Waals surface area contributed by atoms with Crippen molar-refractivity contribution in [3.05, 3.63) is 24.3 Å². The summed E-state index contributed by atoms with van der Waals surface area (Å²) in [6.45, 7) is 0.0397. The normalized spacial score (nSPS) is 13.2. The van der Waals surface area contributed by atoms with Gasteiger partial charge in [0.2, 0.25) is 10.0 Å². The van der Waals surface area contributed by atoms with Crippen LogP contribution in [0.1, 0.15) is 0 Å². The molecule has 1 unspecified atom stereocenters. The molecule has 0 aliphatic carbocycles. The lowest BCUT2D eigenvalue weighted by Crippen LogP contribution is -2.35. The van der Waals surface area contributed by atoms with Crippen LogP contribution in [0.4, 0.5) is 5.69 Å². The number of rotatable bonds is 6. The van der Waals surface area contributed by atoms with E-state index in [2.05, 4.69) is 5.32 Å². The second kappa shape index (κ2) is 6.80. The van der Waals surface area contributed by atoms with Gasteiger partial charge in [0.05, 0.1) is 4.90 Å². The Kier molecular flexibility index (Phi) is 5.63. The van der Waals surface area contributed by atoms with Crippen LogP contribution in [-0.2, 0) is 19.6 Å². The number of benzene rings is 1. The molecule has 0 saturated carbocycles. The number of hydrogen-bond donors (Lipinski definition) is 2. The highest BCUT2D eigenvalue weighted by atomic mass is 32.2. The average Bonchev–Trinajstić information content (AvgIpc) is 2.40. The molecule has 0 fully saturated rings. The van der Waals surface area contributed by atoms with Crippen LogP contribution in [0.25, 0.3) is 0 Å². The van der Waals surface area contributed by atoms with Crippen LogP contribution in [0.5, 0.6) is 0 Å². The summed E-state index contributed by atoms with van der Waals surface area (Å²) in [7, 11) is 0.719. The van der Waals surface area contributed by atoms with Gasteiger partial charge in [-0.15, -0.1) is 0 Å². The number of anilines is 1. The second-order valence-electron chi connectivity index (χ2n) is 4.26. The van der Waals surface area contributed by atoms with Crippen LogP contribution >= 0.6 is 0 Å². The zero-order valence-electron chi connectivity index (χ0n) is 11.7. The predicted octanol–water partition coefficient (Wildman–Crippen LogP) is -0.151. The van der Waals surface area contributed by atoms with Crippen LogP contribution in [0.15, 0.2) is 29.2 Å². The molecular formula is C12H19N3O4S. The van der Waals surface area contributed by atoms with E-state index in [1.54, 1.807) is 12.1 Å². The fourth-order valence-electron chi connectivity index (χ4n) is 1.48. The Morgan fingerprint density at radius 3 is 2.60 bits per heavy atom. The minimum Gasteiger partial charge on any atom is -0.370 e. The first-order valence-electron chi connectivity index (χ1n) is 5.89. The number of nitrogens with zero attached hydrogens (tertiary/aromatic N) is 1. The van der Waals surface area contributed by atoms with Crippen molar-refractivity contribution in [2.45, 2.75) is 11.0 Å². The van der Waals surface area contributed by atoms with Gasteiger partial charge in [-0.3, -0.25) is 4.79 Å². The first-order valence-corrected chi connectivity index (χ1v) is 7.33. The highest BCUT2D eigenvalue weighted by Gasteiger charge is 2.19. The molecule has 20 heavy (non-hydrogen) atoms. The predicted molar refractivity (Wildman–Crippen MR) is 75.8 cm³/mol. The van der Waals surface area contributed by atoms with Crippen LogP contribution in [-0.4, -0.2) is 52.5 Å². The Hall–Kier alpha value is -1.48. The van der Waals surface area contributed by atoms with E-state index in [-0.39, 0.29) is 11.4 Å². The van der Waals surface area contributed by atoms with E-state index in [1.807, 2.05) is 0 Å². The van der Waals surface area contributed by atoms with Gasteiger partial charge >= 0.3 is 0 Å². The maximum atomic E-state index is 12.0. The fraction of sp³-hybridized carbons (Fsp3) is 0.417. The summed E-state index contributed by atoms with van der Waals surface area (Å²) >= 11 is 0. The van der Waals surface area contributed by atoms with Gasteiger partial charge in [-0.1, -0.05) is 6.07 Å². The molecule has 0 heterocycles. The van der Waals surface area contributed by atoms with Crippen molar-refractivity contribution >= 4 is 21.6 Å². The molecule has 1 aromatic rings. The maximum absolute atomic E-state index is 12.0. The van der Waals surface area contributed by atoms with Crippen molar-refractivity contribution in [3.63, 3.8) is 0 Å². The van der Waals surface area contributed by atoms with Gasteiger partial charge < -0.3 is 15.8 Å². The van der Waals surface area contributed by atoms with Gasteiger partial charge in [0.25, 0.3) is 5.91 Å². The lowest BCUT2D eigenvalue weighted by Gasteiger charge is -2.15. The molecule has 112 valence electrons. The Balaban J connectivity index is 2.98. The first-order chi connectivity index (χ1) is 9.32. The summed E-state index contributed by atoms with van der Waals surface area (Å²) in [6, 6.07) is 5.99. The summed E-state index contributed by atoms with van der Waals surface area (Å²) in [5.74, 6) is -0.422. The average molecular weight is 301 g/mol. The highest BCUT2D eigenvalue weighted by molar-refractivity contribution is 7.89. The molecule has 1 atom stereocenters. The Morgan fingerprint density at radius 1 is 1.45 bits per heavy atom. The van der Waals surface area contributed by atoms with Crippen molar-refractivity contribution in [3.8, 4) is 0 Å². The molecule has 0 saturated heterocycles. The molecule has 0 spiro atoms. The largest absolute Gasteiger partial charge is 0.370 e. The molecule has 0 bridgehead atoms. The van der Waals surface area contributed by atoms with Crippen molar-refractivity contribution in [2.75, 3.05) is 33.1 Å².